The number of benzene rings is 3. The maximum atomic E-state index is 10.4. The van der Waals surface area contributed by atoms with Crippen LogP contribution in [0.5, 0.6) is 0 Å². The summed E-state index contributed by atoms with van der Waals surface area (Å²) < 4.78 is 0. The summed E-state index contributed by atoms with van der Waals surface area (Å²) in [5.74, 6) is 0. The molecule has 0 saturated carbocycles. The van der Waals surface area contributed by atoms with Crippen LogP contribution in [0.15, 0.2) is 60.7 Å². The van der Waals surface area contributed by atoms with Crippen molar-refractivity contribution in [3.05, 3.63) is 71.8 Å². The Kier molecular flexibility index (Phi) is 3.99. The minimum atomic E-state index is -0.608. The smallest absolute Gasteiger partial charge is 0.0700 e. The van der Waals surface area contributed by atoms with Crippen molar-refractivity contribution in [1.29, 1.82) is 0 Å². The van der Waals surface area contributed by atoms with Crippen molar-refractivity contribution in [3.8, 4) is 11.1 Å². The Labute approximate surface area is 145 Å². The van der Waals surface area contributed by atoms with E-state index in [1.54, 1.807) is 0 Å². The van der Waals surface area contributed by atoms with Crippen LogP contribution >= 0.6 is 0 Å². The van der Waals surface area contributed by atoms with E-state index in [9.17, 15) is 5.11 Å². The normalized spacial score (nSPS) is 19.7. The third-order valence-electron chi connectivity index (χ3n) is 4.48. The first kappa shape index (κ1) is 15.5. The first-order valence-corrected chi connectivity index (χ1v) is 7.45. The van der Waals surface area contributed by atoms with Gasteiger partial charge in [-0.25, -0.2) is 0 Å². The average molecular weight is 322 g/mol. The van der Waals surface area contributed by atoms with Crippen LogP contribution in [0, 0.1) is 0 Å². The molecule has 0 aromatic heterocycles. The Morgan fingerprint density at radius 1 is 0.818 bits per heavy atom. The van der Waals surface area contributed by atoms with Crippen LogP contribution in [-0.2, 0) is 34.6 Å². The van der Waals surface area contributed by atoms with Crippen molar-refractivity contribution in [2.45, 2.75) is 25.4 Å². The van der Waals surface area contributed by atoms with E-state index in [1.165, 1.54) is 33.0 Å². The Morgan fingerprint density at radius 3 is 2.36 bits per heavy atom. The molecule has 1 atom stereocenters. The van der Waals surface area contributed by atoms with Crippen molar-refractivity contribution >= 4 is 10.8 Å². The molecule has 0 heterocycles. The zero-order chi connectivity index (χ0) is 14.4. The van der Waals surface area contributed by atoms with Gasteiger partial charge in [0.05, 0.1) is 5.60 Å². The standard InChI is InChI=1S/C20H18O.Ti/c1-20(21)12-15-8-5-11-18(19(15)13-20)17-10-4-7-14-6-2-3-9-16(14)17;/h2-11,21H,12-13H2,1H3;. The summed E-state index contributed by atoms with van der Waals surface area (Å²) >= 11 is 0. The van der Waals surface area contributed by atoms with Crippen LogP contribution in [0.2, 0.25) is 0 Å². The first-order valence-electron chi connectivity index (χ1n) is 7.45. The fourth-order valence-corrected chi connectivity index (χ4v) is 3.58. The molecule has 0 fully saturated rings. The van der Waals surface area contributed by atoms with Gasteiger partial charge in [-0.05, 0) is 39.9 Å². The van der Waals surface area contributed by atoms with E-state index >= 15 is 0 Å². The molecule has 1 aliphatic rings. The van der Waals surface area contributed by atoms with Gasteiger partial charge in [0.15, 0.2) is 0 Å². The molecule has 0 aliphatic heterocycles. The Bertz CT molecular complexity index is 831. The second-order valence-electron chi connectivity index (χ2n) is 6.32. The molecule has 108 valence electrons. The van der Waals surface area contributed by atoms with E-state index in [0.29, 0.717) is 0 Å². The molecule has 0 spiro atoms. The zero-order valence-electron chi connectivity index (χ0n) is 12.6. The Balaban J connectivity index is 0.00000144. The van der Waals surface area contributed by atoms with Gasteiger partial charge in [-0.1, -0.05) is 60.7 Å². The molecule has 0 radical (unpaired) electrons. The van der Waals surface area contributed by atoms with Gasteiger partial charge in [0, 0.05) is 34.6 Å². The summed E-state index contributed by atoms with van der Waals surface area (Å²) in [6.07, 6.45) is 1.49. The van der Waals surface area contributed by atoms with Crippen LogP contribution in [0.3, 0.4) is 0 Å². The van der Waals surface area contributed by atoms with Gasteiger partial charge >= 0.3 is 0 Å². The summed E-state index contributed by atoms with van der Waals surface area (Å²) in [6, 6.07) is 21.4. The predicted molar refractivity (Wildman–Crippen MR) is 87.4 cm³/mol. The fourth-order valence-electron chi connectivity index (χ4n) is 3.58. The summed E-state index contributed by atoms with van der Waals surface area (Å²) in [7, 11) is 0. The van der Waals surface area contributed by atoms with Gasteiger partial charge < -0.3 is 5.11 Å². The van der Waals surface area contributed by atoms with Crippen LogP contribution in [0.25, 0.3) is 21.9 Å². The molecule has 0 saturated heterocycles. The quantitative estimate of drug-likeness (QED) is 0.660. The second kappa shape index (κ2) is 5.66. The molecule has 0 amide bonds. The van der Waals surface area contributed by atoms with Gasteiger partial charge in [0.1, 0.15) is 0 Å². The third kappa shape index (κ3) is 2.54. The van der Waals surface area contributed by atoms with E-state index in [2.05, 4.69) is 60.7 Å². The zero-order valence-corrected chi connectivity index (χ0v) is 14.2. The van der Waals surface area contributed by atoms with Crippen LogP contribution < -0.4 is 0 Å². The van der Waals surface area contributed by atoms with Crippen molar-refractivity contribution in [2.75, 3.05) is 0 Å². The Morgan fingerprint density at radius 2 is 1.50 bits per heavy atom. The number of fused-ring (bicyclic) bond motifs is 2. The molecule has 0 bridgehead atoms. The maximum Gasteiger partial charge on any atom is 0.0700 e. The Hall–Kier alpha value is -1.41. The first-order chi connectivity index (χ1) is 10.1. The molecule has 1 N–H and O–H groups in total. The van der Waals surface area contributed by atoms with E-state index in [4.69, 9.17) is 0 Å². The molecular formula is C20H18OTi. The average Bonchev–Trinajstić information content (AvgIpc) is 2.80. The van der Waals surface area contributed by atoms with Gasteiger partial charge in [-0.3, -0.25) is 0 Å². The molecule has 1 aliphatic carbocycles. The molecule has 3 aromatic carbocycles. The summed E-state index contributed by atoms with van der Waals surface area (Å²) in [5, 5.41) is 12.9. The van der Waals surface area contributed by atoms with E-state index in [1.807, 2.05) is 6.92 Å². The van der Waals surface area contributed by atoms with Crippen LogP contribution in [0.4, 0.5) is 0 Å². The molecular weight excluding hydrogens is 304 g/mol. The molecule has 2 heteroatoms. The van der Waals surface area contributed by atoms with E-state index in [-0.39, 0.29) is 21.7 Å². The summed E-state index contributed by atoms with van der Waals surface area (Å²) in [5.41, 5.74) is 4.51. The molecule has 4 rings (SSSR count). The molecule has 22 heavy (non-hydrogen) atoms. The van der Waals surface area contributed by atoms with E-state index < -0.39 is 5.60 Å². The molecule has 1 unspecified atom stereocenters. The molecule has 1 nitrogen and oxygen atoms in total. The fraction of sp³-hybridized carbons (Fsp3) is 0.200. The van der Waals surface area contributed by atoms with Gasteiger partial charge in [0.2, 0.25) is 0 Å². The number of aliphatic hydroxyl groups is 1. The van der Waals surface area contributed by atoms with Crippen molar-refractivity contribution in [1.82, 2.24) is 0 Å². The van der Waals surface area contributed by atoms with Gasteiger partial charge in [-0.15, -0.1) is 0 Å². The van der Waals surface area contributed by atoms with Crippen LogP contribution in [-0.4, -0.2) is 10.7 Å². The van der Waals surface area contributed by atoms with Crippen molar-refractivity contribution in [2.24, 2.45) is 0 Å². The molecule has 3 aromatic rings. The number of rotatable bonds is 1. The topological polar surface area (TPSA) is 20.2 Å². The van der Waals surface area contributed by atoms with Crippen LogP contribution in [0.1, 0.15) is 18.1 Å². The maximum absolute atomic E-state index is 10.4. The van der Waals surface area contributed by atoms with Gasteiger partial charge in [0.25, 0.3) is 0 Å². The van der Waals surface area contributed by atoms with Crippen molar-refractivity contribution < 1.29 is 26.8 Å². The van der Waals surface area contributed by atoms with Gasteiger partial charge in [-0.2, -0.15) is 0 Å². The second-order valence-corrected chi connectivity index (χ2v) is 6.32. The largest absolute Gasteiger partial charge is 0.389 e. The van der Waals surface area contributed by atoms with E-state index in [0.717, 1.165) is 12.8 Å². The summed E-state index contributed by atoms with van der Waals surface area (Å²) in [6.45, 7) is 1.93. The number of hydrogen-bond acceptors (Lipinski definition) is 1. The number of hydrogen-bond donors (Lipinski definition) is 1. The minimum absolute atomic E-state index is 0. The van der Waals surface area contributed by atoms with Crippen molar-refractivity contribution in [3.63, 3.8) is 0 Å². The SMILES string of the molecule is CC1(O)Cc2cccc(-c3cccc4ccccc34)c2C1.[Ti]. The summed E-state index contributed by atoms with van der Waals surface area (Å²) in [4.78, 5) is 0. The third-order valence-corrected chi connectivity index (χ3v) is 4.48. The minimum Gasteiger partial charge on any atom is -0.389 e. The predicted octanol–water partition coefficient (Wildman–Crippen LogP) is 4.35. The monoisotopic (exact) mass is 322 g/mol.